The number of benzene rings is 3. The number of hydrogen-bond acceptors (Lipinski definition) is 3. The lowest BCUT2D eigenvalue weighted by molar-refractivity contribution is -0.113. The molecule has 0 atom stereocenters. The zero-order chi connectivity index (χ0) is 20.8. The Morgan fingerprint density at radius 1 is 0.966 bits per heavy atom. The molecule has 0 aliphatic heterocycles. The summed E-state index contributed by atoms with van der Waals surface area (Å²) in [6.45, 7) is 0. The average Bonchev–Trinajstić information content (AvgIpc) is 2.71. The summed E-state index contributed by atoms with van der Waals surface area (Å²) in [5.74, 6) is -0.623. The van der Waals surface area contributed by atoms with Crippen molar-refractivity contribution in [1.29, 1.82) is 0 Å². The number of anilines is 1. The lowest BCUT2D eigenvalue weighted by Gasteiger charge is -2.11. The minimum atomic E-state index is -0.404. The zero-order valence-electron chi connectivity index (χ0n) is 15.1. The minimum Gasteiger partial charge on any atom is -0.325 e. The topological polar surface area (TPSA) is 46.2 Å². The standard InChI is InChI=1S/C22H16Cl2FNO2S/c23-15-9-10-20(16(11-15)22(28)14-5-2-1-3-6-14)26-21(27)13-29-12-17-18(24)7-4-8-19(17)25/h1-11H,12-13H2,(H,26,27). The van der Waals surface area contributed by atoms with Gasteiger partial charge in [-0.25, -0.2) is 4.39 Å². The number of nitrogens with one attached hydrogen (secondary N) is 1. The van der Waals surface area contributed by atoms with Gasteiger partial charge in [-0.2, -0.15) is 0 Å². The molecule has 3 aromatic carbocycles. The molecule has 0 aromatic heterocycles. The maximum absolute atomic E-state index is 13.8. The molecule has 0 aliphatic carbocycles. The highest BCUT2D eigenvalue weighted by Gasteiger charge is 2.16. The first-order valence-electron chi connectivity index (χ1n) is 8.65. The monoisotopic (exact) mass is 447 g/mol. The summed E-state index contributed by atoms with van der Waals surface area (Å²) in [5.41, 5.74) is 1.53. The van der Waals surface area contributed by atoms with Crippen molar-refractivity contribution in [3.8, 4) is 0 Å². The highest BCUT2D eigenvalue weighted by molar-refractivity contribution is 7.99. The molecule has 0 bridgehead atoms. The molecule has 0 radical (unpaired) electrons. The molecular weight excluding hydrogens is 432 g/mol. The van der Waals surface area contributed by atoms with Gasteiger partial charge >= 0.3 is 0 Å². The number of amides is 1. The summed E-state index contributed by atoms with van der Waals surface area (Å²) < 4.78 is 13.8. The first kappa shape index (κ1) is 21.4. The number of carbonyl (C=O) groups excluding carboxylic acids is 2. The van der Waals surface area contributed by atoms with Crippen LogP contribution in [0.25, 0.3) is 0 Å². The van der Waals surface area contributed by atoms with E-state index in [0.29, 0.717) is 32.4 Å². The molecule has 0 heterocycles. The Morgan fingerprint density at radius 3 is 2.45 bits per heavy atom. The lowest BCUT2D eigenvalue weighted by Crippen LogP contribution is -2.17. The van der Waals surface area contributed by atoms with E-state index in [1.165, 1.54) is 30.0 Å². The third kappa shape index (κ3) is 5.60. The Bertz CT molecular complexity index is 1020. The third-order valence-corrected chi connectivity index (χ3v) is 5.63. The Kier molecular flexibility index (Phi) is 7.31. The fourth-order valence-corrected chi connectivity index (χ4v) is 4.00. The van der Waals surface area contributed by atoms with Crippen LogP contribution in [-0.4, -0.2) is 17.4 Å². The molecule has 0 fully saturated rings. The van der Waals surface area contributed by atoms with Crippen LogP contribution in [0.3, 0.4) is 0 Å². The van der Waals surface area contributed by atoms with E-state index in [0.717, 1.165) is 0 Å². The van der Waals surface area contributed by atoms with Gasteiger partial charge in [0.25, 0.3) is 0 Å². The Labute approximate surface area is 182 Å². The van der Waals surface area contributed by atoms with E-state index >= 15 is 0 Å². The van der Waals surface area contributed by atoms with Crippen LogP contribution in [0.1, 0.15) is 21.5 Å². The molecule has 3 rings (SSSR count). The fraction of sp³-hybridized carbons (Fsp3) is 0.0909. The molecule has 3 nitrogen and oxygen atoms in total. The molecule has 0 saturated carbocycles. The average molecular weight is 448 g/mol. The van der Waals surface area contributed by atoms with Crippen LogP contribution in [0, 0.1) is 5.82 Å². The smallest absolute Gasteiger partial charge is 0.234 e. The van der Waals surface area contributed by atoms with Crippen LogP contribution in [0.15, 0.2) is 66.7 Å². The van der Waals surface area contributed by atoms with Crippen LogP contribution in [0.4, 0.5) is 10.1 Å². The SMILES string of the molecule is O=C(CSCc1c(F)cccc1Cl)Nc1ccc(Cl)cc1C(=O)c1ccccc1. The lowest BCUT2D eigenvalue weighted by atomic mass is 10.0. The van der Waals surface area contributed by atoms with Gasteiger partial charge in [-0.15, -0.1) is 11.8 Å². The molecule has 148 valence electrons. The molecule has 0 aliphatic rings. The molecule has 0 saturated heterocycles. The molecule has 7 heteroatoms. The third-order valence-electron chi connectivity index (χ3n) is 4.08. The summed E-state index contributed by atoms with van der Waals surface area (Å²) in [4.78, 5) is 25.2. The normalized spacial score (nSPS) is 10.6. The zero-order valence-corrected chi connectivity index (χ0v) is 17.5. The summed E-state index contributed by atoms with van der Waals surface area (Å²) in [6.07, 6.45) is 0. The number of thioether (sulfide) groups is 1. The van der Waals surface area contributed by atoms with Gasteiger partial charge in [0.1, 0.15) is 5.82 Å². The maximum atomic E-state index is 13.8. The van der Waals surface area contributed by atoms with Gasteiger partial charge in [0.15, 0.2) is 5.78 Å². The van der Waals surface area contributed by atoms with Crippen LogP contribution in [0.5, 0.6) is 0 Å². The Morgan fingerprint density at radius 2 is 1.72 bits per heavy atom. The molecule has 1 N–H and O–H groups in total. The van der Waals surface area contributed by atoms with Crippen molar-refractivity contribution in [2.45, 2.75) is 5.75 Å². The van der Waals surface area contributed by atoms with Crippen molar-refractivity contribution >= 4 is 52.3 Å². The maximum Gasteiger partial charge on any atom is 0.234 e. The van der Waals surface area contributed by atoms with Crippen molar-refractivity contribution in [2.75, 3.05) is 11.1 Å². The number of halogens is 3. The molecule has 0 unspecified atom stereocenters. The van der Waals surface area contributed by atoms with E-state index in [1.54, 1.807) is 42.5 Å². The molecule has 1 amide bonds. The van der Waals surface area contributed by atoms with E-state index in [2.05, 4.69) is 5.32 Å². The largest absolute Gasteiger partial charge is 0.325 e. The van der Waals surface area contributed by atoms with Gasteiger partial charge < -0.3 is 5.32 Å². The predicted octanol–water partition coefficient (Wildman–Crippen LogP) is 6.24. The van der Waals surface area contributed by atoms with Gasteiger partial charge in [0, 0.05) is 32.5 Å². The van der Waals surface area contributed by atoms with Crippen molar-refractivity contribution in [1.82, 2.24) is 0 Å². The quantitative estimate of drug-likeness (QED) is 0.436. The first-order valence-corrected chi connectivity index (χ1v) is 10.6. The van der Waals surface area contributed by atoms with Crippen molar-refractivity contribution < 1.29 is 14.0 Å². The van der Waals surface area contributed by atoms with Crippen molar-refractivity contribution in [3.05, 3.63) is 99.3 Å². The second-order valence-corrected chi connectivity index (χ2v) is 7.96. The van der Waals surface area contributed by atoms with Gasteiger partial charge in [-0.3, -0.25) is 9.59 Å². The Hall–Kier alpha value is -2.34. The highest BCUT2D eigenvalue weighted by atomic mass is 35.5. The van der Waals surface area contributed by atoms with Crippen molar-refractivity contribution in [2.24, 2.45) is 0 Å². The second kappa shape index (κ2) is 9.92. The van der Waals surface area contributed by atoms with Crippen molar-refractivity contribution in [3.63, 3.8) is 0 Å². The van der Waals surface area contributed by atoms with Gasteiger partial charge in [0.2, 0.25) is 5.91 Å². The van der Waals surface area contributed by atoms with E-state index in [1.807, 2.05) is 6.07 Å². The number of rotatable bonds is 7. The highest BCUT2D eigenvalue weighted by Crippen LogP contribution is 2.26. The van der Waals surface area contributed by atoms with Gasteiger partial charge in [-0.1, -0.05) is 59.6 Å². The van der Waals surface area contributed by atoms with Crippen LogP contribution < -0.4 is 5.32 Å². The molecule has 29 heavy (non-hydrogen) atoms. The predicted molar refractivity (Wildman–Crippen MR) is 118 cm³/mol. The van der Waals surface area contributed by atoms with E-state index in [9.17, 15) is 14.0 Å². The summed E-state index contributed by atoms with van der Waals surface area (Å²) >= 11 is 13.3. The first-order chi connectivity index (χ1) is 14.0. The summed E-state index contributed by atoms with van der Waals surface area (Å²) in [5, 5.41) is 3.46. The number of hydrogen-bond donors (Lipinski definition) is 1. The van der Waals surface area contributed by atoms with E-state index < -0.39 is 5.82 Å². The van der Waals surface area contributed by atoms with Crippen LogP contribution in [0.2, 0.25) is 10.0 Å². The van der Waals surface area contributed by atoms with Crippen LogP contribution in [-0.2, 0) is 10.5 Å². The number of ketones is 1. The fourth-order valence-electron chi connectivity index (χ4n) is 2.66. The number of carbonyl (C=O) groups is 2. The Balaban J connectivity index is 1.68. The molecule has 3 aromatic rings. The van der Waals surface area contributed by atoms with E-state index in [4.69, 9.17) is 23.2 Å². The second-order valence-electron chi connectivity index (χ2n) is 6.13. The minimum absolute atomic E-state index is 0.0757. The van der Waals surface area contributed by atoms with Gasteiger partial charge in [-0.05, 0) is 30.3 Å². The summed E-state index contributed by atoms with van der Waals surface area (Å²) in [6, 6.07) is 17.9. The van der Waals surface area contributed by atoms with Crippen LogP contribution >= 0.6 is 35.0 Å². The molecule has 0 spiro atoms. The summed E-state index contributed by atoms with van der Waals surface area (Å²) in [7, 11) is 0. The van der Waals surface area contributed by atoms with Gasteiger partial charge in [0.05, 0.1) is 11.4 Å². The van der Waals surface area contributed by atoms with E-state index in [-0.39, 0.29) is 23.2 Å². The molecular formula is C22H16Cl2FNO2S.